The number of fused-ring (bicyclic) bond motifs is 1. The number of benzene rings is 3. The molecule has 172 valence electrons. The normalized spacial score (nSPS) is 14.8. The fraction of sp³-hybridized carbons (Fsp3) is 0.185. The van der Waals surface area contributed by atoms with Crippen LogP contribution in [-0.2, 0) is 0 Å². The minimum atomic E-state index is -0.348. The van der Waals surface area contributed by atoms with Gasteiger partial charge in [-0.15, -0.1) is 0 Å². The maximum absolute atomic E-state index is 12.4. The molecule has 1 aliphatic heterocycles. The van der Waals surface area contributed by atoms with Gasteiger partial charge in [0.1, 0.15) is 0 Å². The van der Waals surface area contributed by atoms with Crippen LogP contribution >= 0.6 is 11.6 Å². The predicted octanol–water partition coefficient (Wildman–Crippen LogP) is 5.06. The summed E-state index contributed by atoms with van der Waals surface area (Å²) in [5, 5.41) is 12.3. The van der Waals surface area contributed by atoms with Gasteiger partial charge < -0.3 is 14.9 Å². The smallest absolute Gasteiger partial charge is 0.258 e. The molecule has 0 aliphatic carbocycles. The molecule has 0 bridgehead atoms. The molecule has 3 aromatic carbocycles. The Morgan fingerprint density at radius 3 is 2.41 bits per heavy atom. The maximum Gasteiger partial charge on any atom is 0.258 e. The Kier molecular flexibility index (Phi) is 6.09. The van der Waals surface area contributed by atoms with Gasteiger partial charge in [0, 0.05) is 53.9 Å². The molecule has 1 aliphatic rings. The standard InChI is InChI=1S/C27H25ClN4O2/c1-31-11-13-32(14-12-31)22-8-6-21(7-9-22)29-17-25-24-16-19(18-3-2-4-20(28)15-18)5-10-23(24)26(33)30-27(25)34/h2-10,15-17H,11-14H2,1H3,(H2,30,33,34). The molecule has 6 nitrogen and oxygen atoms in total. The zero-order valence-corrected chi connectivity index (χ0v) is 19.6. The van der Waals surface area contributed by atoms with E-state index in [4.69, 9.17) is 11.6 Å². The molecule has 34 heavy (non-hydrogen) atoms. The van der Waals surface area contributed by atoms with Gasteiger partial charge in [0.05, 0.1) is 11.3 Å². The first kappa shape index (κ1) is 22.2. The molecule has 0 atom stereocenters. The zero-order chi connectivity index (χ0) is 23.7. The SMILES string of the molecule is CN1CCN(c2ccc(N=Cc3c(O)[nH]c(=O)c4ccc(-c5cccc(Cl)c5)cc34)cc2)CC1. The van der Waals surface area contributed by atoms with E-state index >= 15 is 0 Å². The first-order chi connectivity index (χ1) is 16.5. The van der Waals surface area contributed by atoms with Crippen molar-refractivity contribution in [3.63, 3.8) is 0 Å². The number of piperazine rings is 1. The van der Waals surface area contributed by atoms with Crippen LogP contribution in [0.5, 0.6) is 5.88 Å². The quantitative estimate of drug-likeness (QED) is 0.407. The first-order valence-corrected chi connectivity index (χ1v) is 11.6. The molecular weight excluding hydrogens is 448 g/mol. The number of nitrogens with zero attached hydrogens (tertiary/aromatic N) is 3. The summed E-state index contributed by atoms with van der Waals surface area (Å²) in [6.07, 6.45) is 1.60. The number of hydrogen-bond acceptors (Lipinski definition) is 5. The van der Waals surface area contributed by atoms with E-state index in [1.165, 1.54) is 5.69 Å². The lowest BCUT2D eigenvalue weighted by molar-refractivity contribution is 0.313. The molecule has 0 amide bonds. The Balaban J connectivity index is 1.48. The third-order valence-electron chi connectivity index (χ3n) is 6.26. The molecule has 7 heteroatoms. The van der Waals surface area contributed by atoms with Crippen molar-refractivity contribution in [3.8, 4) is 17.0 Å². The van der Waals surface area contributed by atoms with Gasteiger partial charge in [-0.05, 0) is 66.7 Å². The third kappa shape index (κ3) is 4.55. The van der Waals surface area contributed by atoms with Crippen LogP contribution in [0.3, 0.4) is 0 Å². The van der Waals surface area contributed by atoms with Gasteiger partial charge in [-0.1, -0.05) is 29.8 Å². The number of H-pyrrole nitrogens is 1. The van der Waals surface area contributed by atoms with Gasteiger partial charge in [0.25, 0.3) is 5.56 Å². The predicted molar refractivity (Wildman–Crippen MR) is 140 cm³/mol. The molecule has 2 N–H and O–H groups in total. The molecule has 0 radical (unpaired) electrons. The number of rotatable bonds is 4. The van der Waals surface area contributed by atoms with E-state index in [0.29, 0.717) is 21.4 Å². The van der Waals surface area contributed by atoms with E-state index in [1.54, 1.807) is 12.3 Å². The maximum atomic E-state index is 12.4. The summed E-state index contributed by atoms with van der Waals surface area (Å²) in [4.78, 5) is 24.2. The molecule has 4 aromatic rings. The highest BCUT2D eigenvalue weighted by atomic mass is 35.5. The van der Waals surface area contributed by atoms with E-state index in [9.17, 15) is 9.90 Å². The van der Waals surface area contributed by atoms with Gasteiger partial charge >= 0.3 is 0 Å². The number of anilines is 1. The molecule has 0 saturated carbocycles. The van der Waals surface area contributed by atoms with Crippen molar-refractivity contribution in [2.24, 2.45) is 4.99 Å². The van der Waals surface area contributed by atoms with Crippen molar-refractivity contribution in [1.29, 1.82) is 0 Å². The monoisotopic (exact) mass is 472 g/mol. The van der Waals surface area contributed by atoms with Gasteiger partial charge in [-0.2, -0.15) is 0 Å². The molecule has 5 rings (SSSR count). The topological polar surface area (TPSA) is 71.9 Å². The van der Waals surface area contributed by atoms with Crippen LogP contribution in [0.1, 0.15) is 5.56 Å². The highest BCUT2D eigenvalue weighted by Crippen LogP contribution is 2.29. The number of likely N-dealkylation sites (N-methyl/N-ethyl adjacent to an activating group) is 1. The summed E-state index contributed by atoms with van der Waals surface area (Å²) < 4.78 is 0. The summed E-state index contributed by atoms with van der Waals surface area (Å²) in [5.74, 6) is -0.210. The van der Waals surface area contributed by atoms with Gasteiger partial charge in [0.2, 0.25) is 5.88 Å². The highest BCUT2D eigenvalue weighted by Gasteiger charge is 2.14. The number of hydrogen-bond donors (Lipinski definition) is 2. The van der Waals surface area contributed by atoms with Crippen LogP contribution in [-0.4, -0.2) is 54.4 Å². The number of nitrogens with one attached hydrogen (secondary N) is 1. The molecule has 1 aromatic heterocycles. The molecule has 0 spiro atoms. The number of aromatic amines is 1. The van der Waals surface area contributed by atoms with Crippen molar-refractivity contribution >= 4 is 40.0 Å². The van der Waals surface area contributed by atoms with Crippen LogP contribution in [0.15, 0.2) is 76.5 Å². The number of halogens is 1. The second-order valence-electron chi connectivity index (χ2n) is 8.55. The van der Waals surface area contributed by atoms with Crippen molar-refractivity contribution in [2.75, 3.05) is 38.1 Å². The minimum Gasteiger partial charge on any atom is -0.494 e. The van der Waals surface area contributed by atoms with Crippen LogP contribution < -0.4 is 10.5 Å². The average molecular weight is 473 g/mol. The van der Waals surface area contributed by atoms with Crippen molar-refractivity contribution in [3.05, 3.63) is 87.7 Å². The lowest BCUT2D eigenvalue weighted by atomic mass is 10.00. The Morgan fingerprint density at radius 2 is 1.68 bits per heavy atom. The molecular formula is C27H25ClN4O2. The highest BCUT2D eigenvalue weighted by molar-refractivity contribution is 6.30. The summed E-state index contributed by atoms with van der Waals surface area (Å²) in [7, 11) is 2.14. The van der Waals surface area contributed by atoms with Crippen molar-refractivity contribution in [2.45, 2.75) is 0 Å². The number of aliphatic imine (C=N–C) groups is 1. The lowest BCUT2D eigenvalue weighted by Gasteiger charge is -2.34. The van der Waals surface area contributed by atoms with E-state index in [1.807, 2.05) is 48.5 Å². The summed E-state index contributed by atoms with van der Waals surface area (Å²) in [6, 6.07) is 21.1. The van der Waals surface area contributed by atoms with Gasteiger partial charge in [-0.25, -0.2) is 0 Å². The minimum absolute atomic E-state index is 0.210. The van der Waals surface area contributed by atoms with Crippen molar-refractivity contribution in [1.82, 2.24) is 9.88 Å². The van der Waals surface area contributed by atoms with E-state index in [2.05, 4.69) is 39.0 Å². The largest absolute Gasteiger partial charge is 0.494 e. The van der Waals surface area contributed by atoms with Gasteiger partial charge in [0.15, 0.2) is 0 Å². The summed E-state index contributed by atoms with van der Waals surface area (Å²) >= 11 is 6.16. The van der Waals surface area contributed by atoms with Crippen LogP contribution in [0.4, 0.5) is 11.4 Å². The Morgan fingerprint density at radius 1 is 0.941 bits per heavy atom. The zero-order valence-electron chi connectivity index (χ0n) is 18.8. The third-order valence-corrected chi connectivity index (χ3v) is 6.50. The number of aromatic nitrogens is 1. The Bertz CT molecular complexity index is 1420. The van der Waals surface area contributed by atoms with Gasteiger partial charge in [-0.3, -0.25) is 14.8 Å². The fourth-order valence-electron chi connectivity index (χ4n) is 4.27. The lowest BCUT2D eigenvalue weighted by Crippen LogP contribution is -2.44. The van der Waals surface area contributed by atoms with E-state index in [-0.39, 0.29) is 11.4 Å². The average Bonchev–Trinajstić information content (AvgIpc) is 2.84. The van der Waals surface area contributed by atoms with E-state index < -0.39 is 0 Å². The molecule has 1 saturated heterocycles. The number of aromatic hydroxyl groups is 1. The first-order valence-electron chi connectivity index (χ1n) is 11.2. The molecule has 0 unspecified atom stereocenters. The van der Waals surface area contributed by atoms with Crippen LogP contribution in [0, 0.1) is 0 Å². The van der Waals surface area contributed by atoms with Crippen LogP contribution in [0.25, 0.3) is 21.9 Å². The summed E-state index contributed by atoms with van der Waals surface area (Å²) in [6.45, 7) is 4.11. The number of pyridine rings is 1. The molecule has 2 heterocycles. The molecule has 1 fully saturated rings. The Hall–Kier alpha value is -3.61. The second-order valence-corrected chi connectivity index (χ2v) is 8.99. The van der Waals surface area contributed by atoms with Crippen molar-refractivity contribution < 1.29 is 5.11 Å². The summed E-state index contributed by atoms with van der Waals surface area (Å²) in [5.41, 5.74) is 3.88. The van der Waals surface area contributed by atoms with E-state index in [0.717, 1.165) is 43.0 Å². The second kappa shape index (κ2) is 9.33. The van der Waals surface area contributed by atoms with Crippen LogP contribution in [0.2, 0.25) is 5.02 Å². The Labute approximate surface area is 202 Å². The fourth-order valence-corrected chi connectivity index (χ4v) is 4.46.